The summed E-state index contributed by atoms with van der Waals surface area (Å²) in [6.45, 7) is 10.2. The number of hydrogen-bond donors (Lipinski definition) is 1. The molecule has 0 bridgehead atoms. The molecule has 0 spiro atoms. The molecule has 1 N–H and O–H groups in total. The van der Waals surface area contributed by atoms with E-state index >= 15 is 0 Å². The van der Waals surface area contributed by atoms with Gasteiger partial charge in [0.25, 0.3) is 0 Å². The summed E-state index contributed by atoms with van der Waals surface area (Å²) < 4.78 is 11.7. The molecule has 108 valence electrons. The second kappa shape index (κ2) is 8.81. The molecule has 3 heteroatoms. The maximum Gasteiger partial charge on any atom is 0.161 e. The van der Waals surface area contributed by atoms with Crippen LogP contribution in [0.3, 0.4) is 0 Å². The lowest BCUT2D eigenvalue weighted by Crippen LogP contribution is -2.39. The van der Waals surface area contributed by atoms with Gasteiger partial charge in [-0.25, -0.2) is 0 Å². The largest absolute Gasteiger partial charge is 0.490 e. The third-order valence-electron chi connectivity index (χ3n) is 3.04. The second-order valence-corrected chi connectivity index (χ2v) is 4.86. The number of para-hydroxylation sites is 2. The summed E-state index contributed by atoms with van der Waals surface area (Å²) in [5.41, 5.74) is 0. The van der Waals surface area contributed by atoms with Crippen LogP contribution in [0.25, 0.3) is 0 Å². The third kappa shape index (κ3) is 5.52. The lowest BCUT2D eigenvalue weighted by molar-refractivity contribution is 0.168. The fraction of sp³-hybridized carbons (Fsp3) is 0.625. The Labute approximate surface area is 117 Å². The SMILES string of the molecule is CCCNC(C)C(C)Oc1ccccc1OCCC. The number of nitrogens with one attached hydrogen (secondary N) is 1. The van der Waals surface area contributed by atoms with E-state index in [1.807, 2.05) is 24.3 Å². The van der Waals surface area contributed by atoms with Crippen molar-refractivity contribution in [3.05, 3.63) is 24.3 Å². The van der Waals surface area contributed by atoms with Gasteiger partial charge >= 0.3 is 0 Å². The van der Waals surface area contributed by atoms with Gasteiger partial charge in [0.15, 0.2) is 11.5 Å². The van der Waals surface area contributed by atoms with Crippen molar-refractivity contribution >= 4 is 0 Å². The number of hydrogen-bond acceptors (Lipinski definition) is 3. The number of ether oxygens (including phenoxy) is 2. The molecule has 0 aliphatic rings. The summed E-state index contributed by atoms with van der Waals surface area (Å²) in [4.78, 5) is 0. The summed E-state index contributed by atoms with van der Waals surface area (Å²) >= 11 is 0. The molecule has 0 saturated heterocycles. The van der Waals surface area contributed by atoms with Gasteiger partial charge in [-0.1, -0.05) is 26.0 Å². The molecular formula is C16H27NO2. The van der Waals surface area contributed by atoms with Crippen molar-refractivity contribution in [3.8, 4) is 11.5 Å². The molecule has 3 nitrogen and oxygen atoms in total. The molecule has 2 unspecified atom stereocenters. The van der Waals surface area contributed by atoms with Gasteiger partial charge in [0.2, 0.25) is 0 Å². The Morgan fingerprint density at radius 3 is 2.37 bits per heavy atom. The summed E-state index contributed by atoms with van der Waals surface area (Å²) in [5.74, 6) is 1.66. The van der Waals surface area contributed by atoms with Gasteiger partial charge in [-0.3, -0.25) is 0 Å². The predicted molar refractivity (Wildman–Crippen MR) is 80.1 cm³/mol. The first kappa shape index (κ1) is 15.8. The quantitative estimate of drug-likeness (QED) is 0.739. The van der Waals surface area contributed by atoms with Crippen LogP contribution < -0.4 is 14.8 Å². The number of rotatable bonds is 9. The molecule has 1 aromatic rings. The van der Waals surface area contributed by atoms with E-state index < -0.39 is 0 Å². The summed E-state index contributed by atoms with van der Waals surface area (Å²) in [6.07, 6.45) is 2.24. The molecule has 0 aromatic heterocycles. The first-order valence-corrected chi connectivity index (χ1v) is 7.30. The molecule has 2 atom stereocenters. The Balaban J connectivity index is 2.59. The van der Waals surface area contributed by atoms with Crippen molar-refractivity contribution < 1.29 is 9.47 Å². The minimum atomic E-state index is 0.109. The molecule has 1 rings (SSSR count). The Kier molecular flexibility index (Phi) is 7.34. The molecule has 19 heavy (non-hydrogen) atoms. The van der Waals surface area contributed by atoms with Crippen LogP contribution in [-0.4, -0.2) is 25.3 Å². The fourth-order valence-electron chi connectivity index (χ4n) is 1.72. The van der Waals surface area contributed by atoms with E-state index in [4.69, 9.17) is 9.47 Å². The zero-order chi connectivity index (χ0) is 14.1. The Hall–Kier alpha value is -1.22. The maximum absolute atomic E-state index is 6.01. The summed E-state index contributed by atoms with van der Waals surface area (Å²) in [7, 11) is 0. The van der Waals surface area contributed by atoms with Crippen molar-refractivity contribution in [2.45, 2.75) is 52.7 Å². The van der Waals surface area contributed by atoms with Gasteiger partial charge in [-0.05, 0) is 45.4 Å². The second-order valence-electron chi connectivity index (χ2n) is 4.86. The highest BCUT2D eigenvalue weighted by atomic mass is 16.5. The van der Waals surface area contributed by atoms with E-state index in [1.54, 1.807) is 0 Å². The first-order valence-electron chi connectivity index (χ1n) is 7.30. The zero-order valence-corrected chi connectivity index (χ0v) is 12.6. The van der Waals surface area contributed by atoms with E-state index in [9.17, 15) is 0 Å². The first-order chi connectivity index (χ1) is 9.19. The van der Waals surface area contributed by atoms with E-state index in [0.717, 1.165) is 37.5 Å². The van der Waals surface area contributed by atoms with Crippen LogP contribution >= 0.6 is 0 Å². The topological polar surface area (TPSA) is 30.5 Å². The van der Waals surface area contributed by atoms with E-state index in [2.05, 4.69) is 33.0 Å². The molecule has 1 aromatic carbocycles. The van der Waals surface area contributed by atoms with Gasteiger partial charge in [-0.2, -0.15) is 0 Å². The van der Waals surface area contributed by atoms with Crippen LogP contribution in [0.1, 0.15) is 40.5 Å². The monoisotopic (exact) mass is 265 g/mol. The standard InChI is InChI=1S/C16H27NO2/c1-5-11-17-13(3)14(4)19-16-10-8-7-9-15(16)18-12-6-2/h7-10,13-14,17H,5-6,11-12H2,1-4H3. The summed E-state index contributed by atoms with van der Waals surface area (Å²) in [5, 5.41) is 3.45. The highest BCUT2D eigenvalue weighted by Gasteiger charge is 2.15. The highest BCUT2D eigenvalue weighted by molar-refractivity contribution is 5.39. The van der Waals surface area contributed by atoms with Crippen LogP contribution in [0.5, 0.6) is 11.5 Å². The van der Waals surface area contributed by atoms with E-state index in [0.29, 0.717) is 6.04 Å². The van der Waals surface area contributed by atoms with Crippen LogP contribution in [0.4, 0.5) is 0 Å². The van der Waals surface area contributed by atoms with Crippen molar-refractivity contribution in [2.24, 2.45) is 0 Å². The van der Waals surface area contributed by atoms with Crippen LogP contribution in [0.15, 0.2) is 24.3 Å². The van der Waals surface area contributed by atoms with Crippen LogP contribution in [0.2, 0.25) is 0 Å². The zero-order valence-electron chi connectivity index (χ0n) is 12.6. The molecular weight excluding hydrogens is 238 g/mol. The van der Waals surface area contributed by atoms with Gasteiger partial charge in [0, 0.05) is 6.04 Å². The molecule has 0 heterocycles. The van der Waals surface area contributed by atoms with Gasteiger partial charge in [0.05, 0.1) is 6.61 Å². The minimum Gasteiger partial charge on any atom is -0.490 e. The molecule has 0 amide bonds. The lowest BCUT2D eigenvalue weighted by Gasteiger charge is -2.23. The Bertz CT molecular complexity index is 354. The third-order valence-corrected chi connectivity index (χ3v) is 3.04. The van der Waals surface area contributed by atoms with E-state index in [1.165, 1.54) is 0 Å². The average Bonchev–Trinajstić information content (AvgIpc) is 2.43. The molecule has 0 fully saturated rings. The maximum atomic E-state index is 6.01. The molecule has 0 aliphatic carbocycles. The smallest absolute Gasteiger partial charge is 0.161 e. The Morgan fingerprint density at radius 1 is 1.05 bits per heavy atom. The van der Waals surface area contributed by atoms with Crippen molar-refractivity contribution in [3.63, 3.8) is 0 Å². The van der Waals surface area contributed by atoms with Crippen LogP contribution in [0, 0.1) is 0 Å². The van der Waals surface area contributed by atoms with E-state index in [-0.39, 0.29) is 6.10 Å². The summed E-state index contributed by atoms with van der Waals surface area (Å²) in [6, 6.07) is 8.20. The molecule has 0 saturated carbocycles. The molecule has 0 radical (unpaired) electrons. The predicted octanol–water partition coefficient (Wildman–Crippen LogP) is 3.63. The fourth-order valence-corrected chi connectivity index (χ4v) is 1.72. The van der Waals surface area contributed by atoms with Crippen molar-refractivity contribution in [2.75, 3.05) is 13.2 Å². The highest BCUT2D eigenvalue weighted by Crippen LogP contribution is 2.27. The van der Waals surface area contributed by atoms with Crippen molar-refractivity contribution in [1.29, 1.82) is 0 Å². The lowest BCUT2D eigenvalue weighted by atomic mass is 10.2. The normalized spacial score (nSPS) is 13.9. The minimum absolute atomic E-state index is 0.109. The van der Waals surface area contributed by atoms with Gasteiger partial charge < -0.3 is 14.8 Å². The van der Waals surface area contributed by atoms with Gasteiger partial charge in [0.1, 0.15) is 6.10 Å². The molecule has 0 aliphatic heterocycles. The number of benzene rings is 1. The Morgan fingerprint density at radius 2 is 1.74 bits per heavy atom. The van der Waals surface area contributed by atoms with Gasteiger partial charge in [-0.15, -0.1) is 0 Å². The average molecular weight is 265 g/mol. The van der Waals surface area contributed by atoms with Crippen molar-refractivity contribution in [1.82, 2.24) is 5.32 Å². The van der Waals surface area contributed by atoms with Crippen LogP contribution in [-0.2, 0) is 0 Å².